The third-order valence-electron chi connectivity index (χ3n) is 3.48. The first-order chi connectivity index (χ1) is 9.52. The molecule has 0 aromatic heterocycles. The van der Waals surface area contributed by atoms with Crippen LogP contribution >= 0.6 is 11.6 Å². The summed E-state index contributed by atoms with van der Waals surface area (Å²) in [6.07, 6.45) is 0. The number of hydrogen-bond acceptors (Lipinski definition) is 1. The van der Waals surface area contributed by atoms with Crippen molar-refractivity contribution in [3.8, 4) is 0 Å². The molecule has 1 N–H and O–H groups in total. The van der Waals surface area contributed by atoms with E-state index in [4.69, 9.17) is 11.6 Å². The summed E-state index contributed by atoms with van der Waals surface area (Å²) in [5.74, 6) is -0.209. The highest BCUT2D eigenvalue weighted by Crippen LogP contribution is 2.28. The topological polar surface area (TPSA) is 12.0 Å². The van der Waals surface area contributed by atoms with Crippen LogP contribution in [0, 0.1) is 19.7 Å². The third kappa shape index (κ3) is 3.20. The summed E-state index contributed by atoms with van der Waals surface area (Å²) < 4.78 is 13.6. The Balaban J connectivity index is 2.49. The van der Waals surface area contributed by atoms with Gasteiger partial charge in [0.25, 0.3) is 0 Å². The summed E-state index contributed by atoms with van der Waals surface area (Å²) in [4.78, 5) is 0. The van der Waals surface area contributed by atoms with Crippen LogP contribution in [0.5, 0.6) is 0 Å². The summed E-state index contributed by atoms with van der Waals surface area (Å²) in [6.45, 7) is 6.84. The average Bonchev–Trinajstić information content (AvgIpc) is 2.42. The Kier molecular flexibility index (Phi) is 4.79. The molecular weight excluding hydrogens is 273 g/mol. The van der Waals surface area contributed by atoms with Gasteiger partial charge in [-0.2, -0.15) is 0 Å². The minimum Gasteiger partial charge on any atom is -0.307 e. The quantitative estimate of drug-likeness (QED) is 0.853. The van der Waals surface area contributed by atoms with E-state index in [1.165, 1.54) is 6.07 Å². The molecule has 2 rings (SSSR count). The van der Waals surface area contributed by atoms with Crippen LogP contribution in [0.2, 0.25) is 5.02 Å². The molecule has 1 unspecified atom stereocenters. The van der Waals surface area contributed by atoms with Crippen molar-refractivity contribution >= 4 is 11.6 Å². The second-order valence-electron chi connectivity index (χ2n) is 5.00. The van der Waals surface area contributed by atoms with Gasteiger partial charge in [-0.05, 0) is 60.8 Å². The van der Waals surface area contributed by atoms with Gasteiger partial charge in [0.2, 0.25) is 0 Å². The van der Waals surface area contributed by atoms with Crippen LogP contribution in [-0.4, -0.2) is 6.54 Å². The highest BCUT2D eigenvalue weighted by molar-refractivity contribution is 6.31. The van der Waals surface area contributed by atoms with Gasteiger partial charge in [-0.1, -0.05) is 36.7 Å². The Hall–Kier alpha value is -1.38. The lowest BCUT2D eigenvalue weighted by Crippen LogP contribution is -2.23. The van der Waals surface area contributed by atoms with E-state index in [-0.39, 0.29) is 11.9 Å². The summed E-state index contributed by atoms with van der Waals surface area (Å²) in [5.41, 5.74) is 4.17. The molecular formula is C17H19ClFN. The number of hydrogen-bond donors (Lipinski definition) is 1. The van der Waals surface area contributed by atoms with E-state index >= 15 is 0 Å². The number of rotatable bonds is 4. The Morgan fingerprint density at radius 3 is 2.50 bits per heavy atom. The third-order valence-corrected chi connectivity index (χ3v) is 3.90. The van der Waals surface area contributed by atoms with Crippen molar-refractivity contribution in [1.29, 1.82) is 0 Å². The molecule has 20 heavy (non-hydrogen) atoms. The molecule has 3 heteroatoms. The van der Waals surface area contributed by atoms with Crippen molar-refractivity contribution in [2.45, 2.75) is 26.8 Å². The summed E-state index contributed by atoms with van der Waals surface area (Å²) in [5, 5.41) is 4.17. The molecule has 106 valence electrons. The maximum Gasteiger partial charge on any atom is 0.123 e. The Morgan fingerprint density at radius 1 is 1.10 bits per heavy atom. The molecule has 0 saturated carbocycles. The molecule has 0 aliphatic heterocycles. The summed E-state index contributed by atoms with van der Waals surface area (Å²) >= 11 is 6.08. The fourth-order valence-corrected chi connectivity index (χ4v) is 2.50. The first-order valence-corrected chi connectivity index (χ1v) is 7.16. The lowest BCUT2D eigenvalue weighted by molar-refractivity contribution is 0.600. The van der Waals surface area contributed by atoms with Gasteiger partial charge in [-0.3, -0.25) is 0 Å². The van der Waals surface area contributed by atoms with Crippen molar-refractivity contribution in [3.63, 3.8) is 0 Å². The van der Waals surface area contributed by atoms with Crippen LogP contribution in [0.3, 0.4) is 0 Å². The van der Waals surface area contributed by atoms with E-state index in [2.05, 4.69) is 11.4 Å². The zero-order chi connectivity index (χ0) is 14.7. The van der Waals surface area contributed by atoms with Gasteiger partial charge in [0.05, 0.1) is 6.04 Å². The zero-order valence-electron chi connectivity index (χ0n) is 12.0. The fraction of sp³-hybridized carbons (Fsp3) is 0.294. The average molecular weight is 292 g/mol. The molecule has 0 saturated heterocycles. The molecule has 0 radical (unpaired) electrons. The predicted molar refractivity (Wildman–Crippen MR) is 82.8 cm³/mol. The summed E-state index contributed by atoms with van der Waals surface area (Å²) in [6, 6.07) is 10.8. The molecule has 2 aromatic rings. The predicted octanol–water partition coefficient (Wildman–Crippen LogP) is 4.79. The number of nitrogens with one attached hydrogen (secondary N) is 1. The lowest BCUT2D eigenvalue weighted by Gasteiger charge is -2.21. The van der Waals surface area contributed by atoms with Crippen LogP contribution in [-0.2, 0) is 0 Å². The molecule has 0 aliphatic rings. The van der Waals surface area contributed by atoms with Gasteiger partial charge < -0.3 is 5.32 Å². The SMILES string of the molecule is CCNC(c1ccc(Cl)c(C)c1)c1cc(F)ccc1C. The van der Waals surface area contributed by atoms with Gasteiger partial charge in [0, 0.05) is 5.02 Å². The van der Waals surface area contributed by atoms with Crippen LogP contribution in [0.15, 0.2) is 36.4 Å². The van der Waals surface area contributed by atoms with Crippen molar-refractivity contribution in [2.24, 2.45) is 0 Å². The molecule has 1 atom stereocenters. The lowest BCUT2D eigenvalue weighted by atomic mass is 9.94. The van der Waals surface area contributed by atoms with E-state index in [0.717, 1.165) is 33.8 Å². The second-order valence-corrected chi connectivity index (χ2v) is 5.41. The van der Waals surface area contributed by atoms with E-state index < -0.39 is 0 Å². The molecule has 0 amide bonds. The maximum atomic E-state index is 13.6. The molecule has 0 aliphatic carbocycles. The molecule has 2 aromatic carbocycles. The number of benzene rings is 2. The molecule has 0 spiro atoms. The van der Waals surface area contributed by atoms with Crippen LogP contribution in [0.1, 0.15) is 35.2 Å². The molecule has 0 heterocycles. The van der Waals surface area contributed by atoms with E-state index in [9.17, 15) is 4.39 Å². The van der Waals surface area contributed by atoms with E-state index in [1.54, 1.807) is 6.07 Å². The first kappa shape index (κ1) is 15.0. The second kappa shape index (κ2) is 6.38. The highest BCUT2D eigenvalue weighted by atomic mass is 35.5. The maximum absolute atomic E-state index is 13.6. The van der Waals surface area contributed by atoms with Gasteiger partial charge in [-0.25, -0.2) is 4.39 Å². The first-order valence-electron chi connectivity index (χ1n) is 6.78. The monoisotopic (exact) mass is 291 g/mol. The van der Waals surface area contributed by atoms with Gasteiger partial charge in [0.1, 0.15) is 5.82 Å². The van der Waals surface area contributed by atoms with Crippen LogP contribution < -0.4 is 5.32 Å². The number of halogens is 2. The van der Waals surface area contributed by atoms with Gasteiger partial charge in [-0.15, -0.1) is 0 Å². The molecule has 0 bridgehead atoms. The Morgan fingerprint density at radius 2 is 1.85 bits per heavy atom. The minimum atomic E-state index is -0.209. The smallest absolute Gasteiger partial charge is 0.123 e. The van der Waals surface area contributed by atoms with Gasteiger partial charge >= 0.3 is 0 Å². The molecule has 1 nitrogen and oxygen atoms in total. The normalized spacial score (nSPS) is 12.4. The van der Waals surface area contributed by atoms with E-state index in [1.807, 2.05) is 39.0 Å². The van der Waals surface area contributed by atoms with Crippen molar-refractivity contribution < 1.29 is 4.39 Å². The van der Waals surface area contributed by atoms with Crippen molar-refractivity contribution in [2.75, 3.05) is 6.54 Å². The zero-order valence-corrected chi connectivity index (χ0v) is 12.8. The van der Waals surface area contributed by atoms with Crippen LogP contribution in [0.4, 0.5) is 4.39 Å². The Bertz CT molecular complexity index is 610. The Labute approximate surface area is 124 Å². The number of aryl methyl sites for hydroxylation is 2. The standard InChI is InChI=1S/C17H19ClFN/c1-4-20-17(13-6-8-16(18)12(3)9-13)15-10-14(19)7-5-11(15)2/h5-10,17,20H,4H2,1-3H3. The minimum absolute atomic E-state index is 0.0216. The largest absolute Gasteiger partial charge is 0.307 e. The summed E-state index contributed by atoms with van der Waals surface area (Å²) in [7, 11) is 0. The van der Waals surface area contributed by atoms with Crippen molar-refractivity contribution in [3.05, 3.63) is 69.5 Å². The van der Waals surface area contributed by atoms with Crippen molar-refractivity contribution in [1.82, 2.24) is 5.32 Å². The fourth-order valence-electron chi connectivity index (χ4n) is 2.38. The van der Waals surface area contributed by atoms with Crippen LogP contribution in [0.25, 0.3) is 0 Å². The highest BCUT2D eigenvalue weighted by Gasteiger charge is 2.16. The van der Waals surface area contributed by atoms with E-state index in [0.29, 0.717) is 0 Å². The van der Waals surface area contributed by atoms with Gasteiger partial charge in [0.15, 0.2) is 0 Å². The molecule has 0 fully saturated rings.